The molecule has 1 atom stereocenters. The lowest BCUT2D eigenvalue weighted by Crippen LogP contribution is -2.41. The summed E-state index contributed by atoms with van der Waals surface area (Å²) in [6.07, 6.45) is 0.821. The summed E-state index contributed by atoms with van der Waals surface area (Å²) in [5.74, 6) is 0.170. The van der Waals surface area contributed by atoms with Crippen molar-refractivity contribution in [3.05, 3.63) is 34.6 Å². The zero-order valence-electron chi connectivity index (χ0n) is 14.9. The molecule has 130 valence electrons. The Balaban J connectivity index is 2.37. The Kier molecular flexibility index (Phi) is 5.70. The highest BCUT2D eigenvalue weighted by molar-refractivity contribution is 7.99. The number of nitrogens with zero attached hydrogens (tertiary/aromatic N) is 2. The zero-order chi connectivity index (χ0) is 17.9. The van der Waals surface area contributed by atoms with Crippen LogP contribution in [0.5, 0.6) is 0 Å². The molecular formula is C18H25N3O2S. The van der Waals surface area contributed by atoms with E-state index in [1.807, 2.05) is 52.8 Å². The van der Waals surface area contributed by atoms with Crippen LogP contribution >= 0.6 is 11.8 Å². The van der Waals surface area contributed by atoms with Crippen molar-refractivity contribution >= 4 is 28.6 Å². The van der Waals surface area contributed by atoms with Gasteiger partial charge in [-0.2, -0.15) is 0 Å². The Morgan fingerprint density at radius 3 is 2.62 bits per heavy atom. The van der Waals surface area contributed by atoms with Crippen LogP contribution in [0.3, 0.4) is 0 Å². The van der Waals surface area contributed by atoms with Gasteiger partial charge in [-0.15, -0.1) is 0 Å². The molecule has 0 bridgehead atoms. The molecule has 0 aliphatic rings. The van der Waals surface area contributed by atoms with Crippen LogP contribution in [0.15, 0.2) is 34.2 Å². The highest BCUT2D eigenvalue weighted by Crippen LogP contribution is 2.22. The molecule has 0 spiro atoms. The van der Waals surface area contributed by atoms with E-state index in [1.54, 1.807) is 10.6 Å². The molecule has 0 fully saturated rings. The topological polar surface area (TPSA) is 64.0 Å². The molecule has 1 aromatic heterocycles. The Labute approximate surface area is 146 Å². The van der Waals surface area contributed by atoms with Crippen molar-refractivity contribution in [1.82, 2.24) is 14.9 Å². The van der Waals surface area contributed by atoms with E-state index in [2.05, 4.69) is 10.3 Å². The predicted molar refractivity (Wildman–Crippen MR) is 99.6 cm³/mol. The minimum Gasteiger partial charge on any atom is -0.351 e. The van der Waals surface area contributed by atoms with Gasteiger partial charge in [0, 0.05) is 11.6 Å². The van der Waals surface area contributed by atoms with Gasteiger partial charge < -0.3 is 5.32 Å². The van der Waals surface area contributed by atoms with E-state index < -0.39 is 0 Å². The number of carbonyl (C=O) groups is 1. The molecular weight excluding hydrogens is 322 g/mol. The number of aromatic nitrogens is 2. The second-order valence-corrected chi connectivity index (χ2v) is 7.87. The van der Waals surface area contributed by atoms with E-state index in [0.29, 0.717) is 16.1 Å². The van der Waals surface area contributed by atoms with Gasteiger partial charge in [-0.25, -0.2) is 4.98 Å². The van der Waals surface area contributed by atoms with E-state index in [9.17, 15) is 9.59 Å². The van der Waals surface area contributed by atoms with Gasteiger partial charge in [0.2, 0.25) is 5.91 Å². The molecule has 6 heteroatoms. The minimum absolute atomic E-state index is 0.0304. The lowest BCUT2D eigenvalue weighted by Gasteiger charge is -2.21. The van der Waals surface area contributed by atoms with E-state index >= 15 is 0 Å². The standard InChI is InChI=1S/C18H25N3O2S/c1-6-12(2)21-16(23)13-9-7-8-10-14(13)19-17(21)24-11-15(22)20-18(3,4)5/h7-10,12H,6,11H2,1-5H3,(H,20,22)/t12-/m0/s1. The summed E-state index contributed by atoms with van der Waals surface area (Å²) in [5, 5.41) is 4.14. The summed E-state index contributed by atoms with van der Waals surface area (Å²) in [5.41, 5.74) is 0.347. The summed E-state index contributed by atoms with van der Waals surface area (Å²) in [4.78, 5) is 29.5. The normalized spacial score (nSPS) is 13.0. The summed E-state index contributed by atoms with van der Waals surface area (Å²) in [7, 11) is 0. The number of rotatable bonds is 5. The van der Waals surface area contributed by atoms with Crippen LogP contribution in [-0.2, 0) is 4.79 Å². The Bertz CT molecular complexity index is 793. The highest BCUT2D eigenvalue weighted by atomic mass is 32.2. The smallest absolute Gasteiger partial charge is 0.262 e. The first kappa shape index (κ1) is 18.5. The van der Waals surface area contributed by atoms with Gasteiger partial charge in [0.15, 0.2) is 5.16 Å². The third-order valence-electron chi connectivity index (χ3n) is 3.65. The number of hydrogen-bond donors (Lipinski definition) is 1. The second kappa shape index (κ2) is 7.38. The lowest BCUT2D eigenvalue weighted by atomic mass is 10.1. The van der Waals surface area contributed by atoms with Crippen molar-refractivity contribution in [1.29, 1.82) is 0 Å². The van der Waals surface area contributed by atoms with Gasteiger partial charge in [-0.3, -0.25) is 14.2 Å². The van der Waals surface area contributed by atoms with Crippen LogP contribution in [0.2, 0.25) is 0 Å². The maximum atomic E-state index is 12.8. The fourth-order valence-electron chi connectivity index (χ4n) is 2.38. The Morgan fingerprint density at radius 1 is 1.33 bits per heavy atom. The number of amides is 1. The third-order valence-corrected chi connectivity index (χ3v) is 4.61. The van der Waals surface area contributed by atoms with Crippen LogP contribution in [0, 0.1) is 0 Å². The first-order chi connectivity index (χ1) is 11.2. The average molecular weight is 347 g/mol. The first-order valence-electron chi connectivity index (χ1n) is 8.18. The summed E-state index contributed by atoms with van der Waals surface area (Å²) < 4.78 is 1.71. The third kappa shape index (κ3) is 4.38. The molecule has 24 heavy (non-hydrogen) atoms. The van der Waals surface area contributed by atoms with Crippen LogP contribution in [-0.4, -0.2) is 26.8 Å². The van der Waals surface area contributed by atoms with Gasteiger partial charge in [-0.05, 0) is 46.2 Å². The van der Waals surface area contributed by atoms with E-state index in [1.165, 1.54) is 11.8 Å². The van der Waals surface area contributed by atoms with Crippen LogP contribution in [0.4, 0.5) is 0 Å². The summed E-state index contributed by atoms with van der Waals surface area (Å²) in [6.45, 7) is 9.86. The molecule has 0 aliphatic heterocycles. The van der Waals surface area contributed by atoms with Crippen molar-refractivity contribution in [3.63, 3.8) is 0 Å². The van der Waals surface area contributed by atoms with Crippen LogP contribution in [0.1, 0.15) is 47.1 Å². The highest BCUT2D eigenvalue weighted by Gasteiger charge is 2.18. The van der Waals surface area contributed by atoms with Crippen LogP contribution < -0.4 is 10.9 Å². The molecule has 0 saturated heterocycles. The van der Waals surface area contributed by atoms with Gasteiger partial charge in [0.25, 0.3) is 5.56 Å². The molecule has 0 saturated carbocycles. The zero-order valence-corrected chi connectivity index (χ0v) is 15.7. The molecule has 0 radical (unpaired) electrons. The second-order valence-electron chi connectivity index (χ2n) is 6.93. The quantitative estimate of drug-likeness (QED) is 0.665. The predicted octanol–water partition coefficient (Wildman–Crippen LogP) is 3.37. The average Bonchev–Trinajstić information content (AvgIpc) is 2.51. The molecule has 5 nitrogen and oxygen atoms in total. The van der Waals surface area contributed by atoms with E-state index in [4.69, 9.17) is 0 Å². The fourth-order valence-corrected chi connectivity index (χ4v) is 3.28. The number of hydrogen-bond acceptors (Lipinski definition) is 4. The molecule has 0 unspecified atom stereocenters. The molecule has 2 aromatic rings. The van der Waals surface area contributed by atoms with Gasteiger partial charge in [0.1, 0.15) is 0 Å². The Morgan fingerprint density at radius 2 is 2.00 bits per heavy atom. The van der Waals surface area contributed by atoms with Crippen molar-refractivity contribution in [3.8, 4) is 0 Å². The largest absolute Gasteiger partial charge is 0.351 e. The fraction of sp³-hybridized carbons (Fsp3) is 0.500. The Hall–Kier alpha value is -1.82. The minimum atomic E-state index is -0.273. The van der Waals surface area contributed by atoms with Gasteiger partial charge >= 0.3 is 0 Å². The summed E-state index contributed by atoms with van der Waals surface area (Å²) in [6, 6.07) is 7.36. The molecule has 1 amide bonds. The van der Waals surface area contributed by atoms with E-state index in [-0.39, 0.29) is 28.8 Å². The van der Waals surface area contributed by atoms with Gasteiger partial charge in [0.05, 0.1) is 16.7 Å². The van der Waals surface area contributed by atoms with Crippen molar-refractivity contribution in [2.24, 2.45) is 0 Å². The maximum absolute atomic E-state index is 12.8. The van der Waals surface area contributed by atoms with Crippen molar-refractivity contribution < 1.29 is 4.79 Å². The van der Waals surface area contributed by atoms with E-state index in [0.717, 1.165) is 6.42 Å². The molecule has 0 aliphatic carbocycles. The van der Waals surface area contributed by atoms with Crippen molar-refractivity contribution in [2.45, 2.75) is 57.8 Å². The monoisotopic (exact) mass is 347 g/mol. The molecule has 1 aromatic carbocycles. The maximum Gasteiger partial charge on any atom is 0.262 e. The molecule has 2 rings (SSSR count). The number of thioether (sulfide) groups is 1. The van der Waals surface area contributed by atoms with Crippen molar-refractivity contribution in [2.75, 3.05) is 5.75 Å². The molecule has 1 heterocycles. The number of benzene rings is 1. The SMILES string of the molecule is CC[C@H](C)n1c(SCC(=O)NC(C)(C)C)nc2ccccc2c1=O. The lowest BCUT2D eigenvalue weighted by molar-refractivity contribution is -0.119. The first-order valence-corrected chi connectivity index (χ1v) is 9.16. The summed E-state index contributed by atoms with van der Waals surface area (Å²) >= 11 is 1.31. The number of carbonyl (C=O) groups excluding carboxylic acids is 1. The number of para-hydroxylation sites is 1. The van der Waals surface area contributed by atoms with Crippen LogP contribution in [0.25, 0.3) is 10.9 Å². The number of fused-ring (bicyclic) bond motifs is 1. The van der Waals surface area contributed by atoms with Gasteiger partial charge in [-0.1, -0.05) is 30.8 Å². The number of nitrogens with one attached hydrogen (secondary N) is 1. The molecule has 1 N–H and O–H groups in total.